The van der Waals surface area contributed by atoms with E-state index in [-0.39, 0.29) is 13.0 Å². The predicted molar refractivity (Wildman–Crippen MR) is 34.2 cm³/mol. The summed E-state index contributed by atoms with van der Waals surface area (Å²) < 4.78 is 40.4. The van der Waals surface area contributed by atoms with Crippen molar-refractivity contribution in [1.29, 1.82) is 0 Å². The van der Waals surface area contributed by atoms with Crippen molar-refractivity contribution < 1.29 is 17.9 Å². The van der Waals surface area contributed by atoms with Crippen molar-refractivity contribution in [2.45, 2.75) is 25.6 Å². The minimum Gasteiger partial charge on any atom is -0.364 e. The van der Waals surface area contributed by atoms with E-state index in [0.717, 1.165) is 5.57 Å². The molecule has 4 heteroatoms. The van der Waals surface area contributed by atoms with Crippen molar-refractivity contribution in [2.75, 3.05) is 6.61 Å². The van der Waals surface area contributed by atoms with E-state index in [9.17, 15) is 13.2 Å². The fraction of sp³-hybridized carbons (Fsp3) is 0.714. The van der Waals surface area contributed by atoms with Crippen molar-refractivity contribution in [3.05, 3.63) is 11.6 Å². The Morgan fingerprint density at radius 2 is 2.18 bits per heavy atom. The van der Waals surface area contributed by atoms with Gasteiger partial charge in [0, 0.05) is 6.42 Å². The molecule has 1 nitrogen and oxygen atoms in total. The van der Waals surface area contributed by atoms with Crippen LogP contribution in [0.4, 0.5) is 13.2 Å². The summed E-state index contributed by atoms with van der Waals surface area (Å²) in [5.41, 5.74) is 0.749. The van der Waals surface area contributed by atoms with Crippen LogP contribution in [0.1, 0.15) is 13.3 Å². The molecule has 0 bridgehead atoms. The van der Waals surface area contributed by atoms with Crippen LogP contribution in [0.5, 0.6) is 0 Å². The first kappa shape index (κ1) is 8.59. The SMILES string of the molecule is CC1=CCOC(C(F)(F)F)C1. The number of ether oxygens (including phenoxy) is 1. The van der Waals surface area contributed by atoms with E-state index in [0.29, 0.717) is 0 Å². The summed E-state index contributed by atoms with van der Waals surface area (Å²) in [7, 11) is 0. The molecule has 0 aromatic carbocycles. The third-order valence-corrected chi connectivity index (χ3v) is 1.60. The predicted octanol–water partition coefficient (Wildman–Crippen LogP) is 2.28. The van der Waals surface area contributed by atoms with Gasteiger partial charge < -0.3 is 4.74 Å². The Kier molecular flexibility index (Phi) is 2.23. The molecule has 1 heterocycles. The Hall–Kier alpha value is -0.510. The smallest absolute Gasteiger partial charge is 0.364 e. The van der Waals surface area contributed by atoms with Gasteiger partial charge in [0.05, 0.1) is 6.61 Å². The molecule has 1 unspecified atom stereocenters. The second kappa shape index (κ2) is 2.85. The van der Waals surface area contributed by atoms with Gasteiger partial charge in [-0.15, -0.1) is 0 Å². The van der Waals surface area contributed by atoms with Crippen LogP contribution in [0.3, 0.4) is 0 Å². The molecule has 64 valence electrons. The molecule has 0 amide bonds. The largest absolute Gasteiger partial charge is 0.414 e. The van der Waals surface area contributed by atoms with Gasteiger partial charge in [-0.2, -0.15) is 13.2 Å². The van der Waals surface area contributed by atoms with Gasteiger partial charge in [0.15, 0.2) is 6.10 Å². The molecular weight excluding hydrogens is 157 g/mol. The van der Waals surface area contributed by atoms with E-state index < -0.39 is 12.3 Å². The van der Waals surface area contributed by atoms with Gasteiger partial charge in [-0.05, 0) is 6.92 Å². The van der Waals surface area contributed by atoms with Crippen LogP contribution >= 0.6 is 0 Å². The molecule has 0 aliphatic carbocycles. The standard InChI is InChI=1S/C7H9F3O/c1-5-2-3-11-6(4-5)7(8,9)10/h2,6H,3-4H2,1H3. The number of halogens is 3. The summed E-state index contributed by atoms with van der Waals surface area (Å²) in [6.45, 7) is 1.76. The topological polar surface area (TPSA) is 9.23 Å². The number of rotatable bonds is 0. The Labute approximate surface area is 62.8 Å². The highest BCUT2D eigenvalue weighted by Crippen LogP contribution is 2.29. The van der Waals surface area contributed by atoms with Gasteiger partial charge in [-0.3, -0.25) is 0 Å². The maximum absolute atomic E-state index is 12.0. The zero-order valence-corrected chi connectivity index (χ0v) is 6.11. The van der Waals surface area contributed by atoms with Crippen LogP contribution in [0.2, 0.25) is 0 Å². The van der Waals surface area contributed by atoms with Crippen molar-refractivity contribution in [3.63, 3.8) is 0 Å². The van der Waals surface area contributed by atoms with Gasteiger partial charge in [-0.1, -0.05) is 11.6 Å². The molecule has 0 saturated carbocycles. The lowest BCUT2D eigenvalue weighted by molar-refractivity contribution is -0.219. The molecule has 0 radical (unpaired) electrons. The minimum atomic E-state index is -4.21. The van der Waals surface area contributed by atoms with E-state index in [1.54, 1.807) is 13.0 Å². The lowest BCUT2D eigenvalue weighted by Crippen LogP contribution is -2.33. The summed E-state index contributed by atoms with van der Waals surface area (Å²) in [6.07, 6.45) is -4.16. The van der Waals surface area contributed by atoms with E-state index in [4.69, 9.17) is 0 Å². The molecule has 0 aromatic heterocycles. The molecule has 1 rings (SSSR count). The second-order valence-corrected chi connectivity index (χ2v) is 2.62. The maximum Gasteiger partial charge on any atom is 0.414 e. The summed E-state index contributed by atoms with van der Waals surface area (Å²) in [5, 5.41) is 0. The molecule has 1 atom stereocenters. The monoisotopic (exact) mass is 166 g/mol. The zero-order chi connectivity index (χ0) is 8.48. The lowest BCUT2D eigenvalue weighted by atomic mass is 10.1. The van der Waals surface area contributed by atoms with Gasteiger partial charge in [0.1, 0.15) is 0 Å². The zero-order valence-electron chi connectivity index (χ0n) is 6.11. The van der Waals surface area contributed by atoms with E-state index >= 15 is 0 Å². The fourth-order valence-corrected chi connectivity index (χ4v) is 0.951. The highest BCUT2D eigenvalue weighted by molar-refractivity contribution is 5.04. The Morgan fingerprint density at radius 1 is 1.55 bits per heavy atom. The molecule has 0 spiro atoms. The third kappa shape index (κ3) is 2.22. The third-order valence-electron chi connectivity index (χ3n) is 1.60. The molecule has 0 aromatic rings. The van der Waals surface area contributed by atoms with E-state index in [2.05, 4.69) is 4.74 Å². The van der Waals surface area contributed by atoms with Gasteiger partial charge in [-0.25, -0.2) is 0 Å². The number of hydrogen-bond donors (Lipinski definition) is 0. The first-order chi connectivity index (χ1) is 5.00. The van der Waals surface area contributed by atoms with E-state index in [1.165, 1.54) is 0 Å². The summed E-state index contributed by atoms with van der Waals surface area (Å²) in [6, 6.07) is 0. The quantitative estimate of drug-likeness (QED) is 0.501. The maximum atomic E-state index is 12.0. The summed E-state index contributed by atoms with van der Waals surface area (Å²) in [4.78, 5) is 0. The van der Waals surface area contributed by atoms with Crippen LogP contribution in [-0.4, -0.2) is 18.9 Å². The minimum absolute atomic E-state index is 0.0243. The van der Waals surface area contributed by atoms with E-state index in [1.807, 2.05) is 0 Å². The summed E-state index contributed by atoms with van der Waals surface area (Å²) >= 11 is 0. The van der Waals surface area contributed by atoms with Crippen LogP contribution in [-0.2, 0) is 4.74 Å². The molecule has 0 fully saturated rings. The van der Waals surface area contributed by atoms with Crippen LogP contribution in [0.15, 0.2) is 11.6 Å². The van der Waals surface area contributed by atoms with Gasteiger partial charge in [0.25, 0.3) is 0 Å². The molecule has 11 heavy (non-hydrogen) atoms. The van der Waals surface area contributed by atoms with Crippen LogP contribution in [0.25, 0.3) is 0 Å². The first-order valence-electron chi connectivity index (χ1n) is 3.34. The van der Waals surface area contributed by atoms with Gasteiger partial charge >= 0.3 is 6.18 Å². The number of hydrogen-bond acceptors (Lipinski definition) is 1. The molecule has 1 aliphatic heterocycles. The first-order valence-corrected chi connectivity index (χ1v) is 3.34. The second-order valence-electron chi connectivity index (χ2n) is 2.62. The van der Waals surface area contributed by atoms with Crippen molar-refractivity contribution >= 4 is 0 Å². The highest BCUT2D eigenvalue weighted by Gasteiger charge is 2.41. The Balaban J connectivity index is 2.58. The molecular formula is C7H9F3O. The summed E-state index contributed by atoms with van der Waals surface area (Å²) in [5.74, 6) is 0. The van der Waals surface area contributed by atoms with Crippen molar-refractivity contribution in [1.82, 2.24) is 0 Å². The molecule has 0 N–H and O–H groups in total. The number of alkyl halides is 3. The van der Waals surface area contributed by atoms with Crippen molar-refractivity contribution in [3.8, 4) is 0 Å². The fourth-order valence-electron chi connectivity index (χ4n) is 0.951. The lowest BCUT2D eigenvalue weighted by Gasteiger charge is -2.23. The molecule has 1 aliphatic rings. The Morgan fingerprint density at radius 3 is 2.55 bits per heavy atom. The molecule has 0 saturated heterocycles. The average Bonchev–Trinajstić information content (AvgIpc) is 1.86. The van der Waals surface area contributed by atoms with Crippen LogP contribution < -0.4 is 0 Å². The Bertz CT molecular complexity index is 171. The van der Waals surface area contributed by atoms with Gasteiger partial charge in [0.2, 0.25) is 0 Å². The van der Waals surface area contributed by atoms with Crippen LogP contribution in [0, 0.1) is 0 Å². The van der Waals surface area contributed by atoms with Crippen molar-refractivity contribution in [2.24, 2.45) is 0 Å². The normalized spacial score (nSPS) is 26.5. The average molecular weight is 166 g/mol. The highest BCUT2D eigenvalue weighted by atomic mass is 19.4.